The summed E-state index contributed by atoms with van der Waals surface area (Å²) in [5.74, 6) is -2.34. The molecule has 0 saturated carbocycles. The molecule has 9 heteroatoms. The maximum Gasteiger partial charge on any atom is 0.306 e. The Labute approximate surface area is 428 Å². The SMILES string of the molecule is CC/C=C\C/C=C\C/C=C\C/C=C\C/C=C\C/C=C\C/C=C\C/C=C\CCCCCCC(=O)OC(COC(=O)CCCCCCC/C=C\CCCCCCCCC)COC(OCC[N+](C)(C)C)C(=O)[O-]. The Bertz CT molecular complexity index is 1510. The second-order valence-electron chi connectivity index (χ2n) is 19.1. The zero-order chi connectivity index (χ0) is 51.3. The van der Waals surface area contributed by atoms with Gasteiger partial charge >= 0.3 is 11.9 Å². The fourth-order valence-corrected chi connectivity index (χ4v) is 7.02. The fourth-order valence-electron chi connectivity index (χ4n) is 7.02. The number of unbranched alkanes of at least 4 members (excludes halogenated alkanes) is 16. The number of allylic oxidation sites excluding steroid dienone is 18. The van der Waals surface area contributed by atoms with Crippen LogP contribution in [-0.4, -0.2) is 82.3 Å². The number of carboxylic acid groups (broad SMARTS) is 1. The summed E-state index contributed by atoms with van der Waals surface area (Å²) in [5, 5.41) is 11.8. The lowest BCUT2D eigenvalue weighted by Gasteiger charge is -2.26. The lowest BCUT2D eigenvalue weighted by molar-refractivity contribution is -0.870. The Kier molecular flexibility index (Phi) is 48.3. The minimum atomic E-state index is -1.64. The molecule has 398 valence electrons. The molecular weight excluding hydrogens is 875 g/mol. The van der Waals surface area contributed by atoms with Crippen molar-refractivity contribution >= 4 is 17.9 Å². The lowest BCUT2D eigenvalue weighted by Crippen LogP contribution is -2.44. The molecule has 0 radical (unpaired) electrons. The fraction of sp³-hybridized carbons (Fsp3) is 0.656. The Hall–Kier alpha value is -4.05. The van der Waals surface area contributed by atoms with Crippen molar-refractivity contribution in [3.63, 3.8) is 0 Å². The number of rotatable bonds is 49. The van der Waals surface area contributed by atoms with Crippen LogP contribution >= 0.6 is 0 Å². The number of aliphatic carboxylic acids is 1. The molecule has 2 atom stereocenters. The third kappa shape index (κ3) is 51.8. The summed E-state index contributed by atoms with van der Waals surface area (Å²) in [4.78, 5) is 37.2. The molecule has 0 aromatic heterocycles. The van der Waals surface area contributed by atoms with Gasteiger partial charge in [-0.2, -0.15) is 0 Å². The zero-order valence-corrected chi connectivity index (χ0v) is 45.1. The Morgan fingerprint density at radius 1 is 0.443 bits per heavy atom. The molecule has 0 aliphatic heterocycles. The van der Waals surface area contributed by atoms with E-state index in [-0.39, 0.29) is 38.6 Å². The van der Waals surface area contributed by atoms with Gasteiger partial charge in [-0.05, 0) is 103 Å². The molecule has 0 aromatic carbocycles. The molecule has 0 heterocycles. The average molecular weight is 976 g/mol. The summed E-state index contributed by atoms with van der Waals surface area (Å²) >= 11 is 0. The number of likely N-dealkylation sites (N-methyl/N-ethyl adjacent to an activating group) is 1. The molecule has 9 nitrogen and oxygen atoms in total. The summed E-state index contributed by atoms with van der Waals surface area (Å²) < 4.78 is 22.6. The number of hydrogen-bond donors (Lipinski definition) is 0. The van der Waals surface area contributed by atoms with Crippen molar-refractivity contribution in [1.29, 1.82) is 0 Å². The highest BCUT2D eigenvalue weighted by Gasteiger charge is 2.22. The number of nitrogens with zero attached hydrogens (tertiary/aromatic N) is 1. The van der Waals surface area contributed by atoms with E-state index in [1.807, 2.05) is 21.1 Å². The maximum absolute atomic E-state index is 12.8. The van der Waals surface area contributed by atoms with Crippen molar-refractivity contribution in [2.45, 2.75) is 212 Å². The van der Waals surface area contributed by atoms with Crippen LogP contribution < -0.4 is 5.11 Å². The highest BCUT2D eigenvalue weighted by atomic mass is 16.7. The number of carboxylic acids is 1. The first-order valence-corrected chi connectivity index (χ1v) is 27.5. The minimum absolute atomic E-state index is 0.135. The largest absolute Gasteiger partial charge is 0.545 e. The van der Waals surface area contributed by atoms with Gasteiger partial charge in [0.2, 0.25) is 0 Å². The summed E-state index contributed by atoms with van der Waals surface area (Å²) in [5.41, 5.74) is 0. The summed E-state index contributed by atoms with van der Waals surface area (Å²) in [6, 6.07) is 0. The van der Waals surface area contributed by atoms with E-state index in [1.165, 1.54) is 51.4 Å². The van der Waals surface area contributed by atoms with Gasteiger partial charge in [-0.25, -0.2) is 0 Å². The van der Waals surface area contributed by atoms with Crippen molar-refractivity contribution in [2.24, 2.45) is 0 Å². The molecular formula is C61H101NO8. The van der Waals surface area contributed by atoms with Gasteiger partial charge in [-0.3, -0.25) is 9.59 Å². The molecule has 0 saturated heterocycles. The Balaban J connectivity index is 4.38. The molecule has 0 spiro atoms. The standard InChI is InChI=1S/C61H101NO8/c1-6-8-10-12-14-16-18-20-22-24-25-26-27-28-29-30-31-32-33-34-35-36-38-40-42-44-46-48-50-52-59(64)70-57(56-69-61(60(65)66)67-54-53-62(3,4)5)55-68-58(63)51-49-47-45-43-41-39-37-23-21-19-17-15-13-11-9-7-2/h8,10,14,16,20,22-23,25-26,28-29,31-32,34-35,37-38,40,57,61H,6-7,9,11-13,15,17-19,21,24,27,30,33,36,39,41-56H2,1-5H3/b10-8-,16-14-,22-20-,26-25-,29-28-,32-31-,35-34-,37-23-,40-38-. The summed E-state index contributed by atoms with van der Waals surface area (Å²) in [6.45, 7) is 4.57. The normalized spacial score (nSPS) is 13.7. The van der Waals surface area contributed by atoms with Gasteiger partial charge in [0.1, 0.15) is 13.2 Å². The topological polar surface area (TPSA) is 111 Å². The smallest absolute Gasteiger partial charge is 0.306 e. The number of quaternary nitrogens is 1. The van der Waals surface area contributed by atoms with Crippen LogP contribution in [0.1, 0.15) is 200 Å². The second-order valence-corrected chi connectivity index (χ2v) is 19.1. The number of esters is 2. The first-order valence-electron chi connectivity index (χ1n) is 27.5. The molecule has 0 rings (SSSR count). The van der Waals surface area contributed by atoms with Crippen LogP contribution in [0.2, 0.25) is 0 Å². The van der Waals surface area contributed by atoms with E-state index in [0.29, 0.717) is 17.4 Å². The lowest BCUT2D eigenvalue weighted by atomic mass is 10.1. The van der Waals surface area contributed by atoms with Crippen LogP contribution in [0, 0.1) is 0 Å². The van der Waals surface area contributed by atoms with E-state index in [4.69, 9.17) is 18.9 Å². The predicted molar refractivity (Wildman–Crippen MR) is 292 cm³/mol. The maximum atomic E-state index is 12.8. The van der Waals surface area contributed by atoms with Crippen LogP contribution in [0.5, 0.6) is 0 Å². The first-order chi connectivity index (χ1) is 34.1. The van der Waals surface area contributed by atoms with Gasteiger partial charge in [0.25, 0.3) is 0 Å². The minimum Gasteiger partial charge on any atom is -0.545 e. The van der Waals surface area contributed by atoms with Gasteiger partial charge in [-0.1, -0.05) is 194 Å². The number of hydrogen-bond acceptors (Lipinski definition) is 8. The van der Waals surface area contributed by atoms with Gasteiger partial charge in [0.15, 0.2) is 12.4 Å². The van der Waals surface area contributed by atoms with Crippen LogP contribution in [-0.2, 0) is 33.3 Å². The van der Waals surface area contributed by atoms with Crippen molar-refractivity contribution in [3.05, 3.63) is 109 Å². The second kappa shape index (κ2) is 51.3. The predicted octanol–water partition coefficient (Wildman–Crippen LogP) is 14.6. The van der Waals surface area contributed by atoms with E-state index in [0.717, 1.165) is 116 Å². The third-order valence-electron chi connectivity index (χ3n) is 11.3. The Morgan fingerprint density at radius 3 is 1.23 bits per heavy atom. The first kappa shape index (κ1) is 66.0. The van der Waals surface area contributed by atoms with E-state index in [9.17, 15) is 19.5 Å². The quantitative estimate of drug-likeness (QED) is 0.0195. The molecule has 0 aliphatic rings. The molecule has 2 unspecified atom stereocenters. The van der Waals surface area contributed by atoms with Gasteiger partial charge in [0, 0.05) is 12.8 Å². The van der Waals surface area contributed by atoms with Crippen molar-refractivity contribution in [3.8, 4) is 0 Å². The number of carbonyl (C=O) groups excluding carboxylic acids is 3. The highest BCUT2D eigenvalue weighted by molar-refractivity contribution is 5.70. The molecule has 0 fully saturated rings. The summed E-state index contributed by atoms with van der Waals surface area (Å²) in [7, 11) is 5.90. The molecule has 0 N–H and O–H groups in total. The van der Waals surface area contributed by atoms with Crippen LogP contribution in [0.4, 0.5) is 0 Å². The molecule has 0 aromatic rings. The number of ether oxygens (including phenoxy) is 4. The van der Waals surface area contributed by atoms with Crippen LogP contribution in [0.3, 0.4) is 0 Å². The van der Waals surface area contributed by atoms with E-state index < -0.39 is 24.3 Å². The van der Waals surface area contributed by atoms with Gasteiger partial charge in [-0.15, -0.1) is 0 Å². The molecule has 0 aliphatic carbocycles. The Morgan fingerprint density at radius 2 is 0.814 bits per heavy atom. The van der Waals surface area contributed by atoms with Crippen LogP contribution in [0.25, 0.3) is 0 Å². The highest BCUT2D eigenvalue weighted by Crippen LogP contribution is 2.13. The van der Waals surface area contributed by atoms with Crippen molar-refractivity contribution in [1.82, 2.24) is 0 Å². The van der Waals surface area contributed by atoms with E-state index in [2.05, 4.69) is 123 Å². The number of carbonyl (C=O) groups is 3. The molecule has 0 bridgehead atoms. The van der Waals surface area contributed by atoms with Crippen LogP contribution in [0.15, 0.2) is 109 Å². The van der Waals surface area contributed by atoms with Crippen molar-refractivity contribution < 1.29 is 42.9 Å². The molecule has 0 amide bonds. The van der Waals surface area contributed by atoms with Crippen molar-refractivity contribution in [2.75, 3.05) is 47.5 Å². The van der Waals surface area contributed by atoms with Gasteiger partial charge < -0.3 is 33.3 Å². The third-order valence-corrected chi connectivity index (χ3v) is 11.3. The average Bonchev–Trinajstić information content (AvgIpc) is 3.33. The monoisotopic (exact) mass is 976 g/mol. The van der Waals surface area contributed by atoms with E-state index >= 15 is 0 Å². The molecule has 70 heavy (non-hydrogen) atoms. The van der Waals surface area contributed by atoms with E-state index in [1.54, 1.807) is 0 Å². The summed E-state index contributed by atoms with van der Waals surface area (Å²) in [6.07, 6.45) is 67.0. The van der Waals surface area contributed by atoms with Gasteiger partial charge in [0.05, 0.1) is 40.3 Å². The zero-order valence-electron chi connectivity index (χ0n) is 45.1.